The Morgan fingerprint density at radius 1 is 1.52 bits per heavy atom. The maximum Gasteiger partial charge on any atom is 0.328 e. The Hall–Kier alpha value is -1.81. The van der Waals surface area contributed by atoms with E-state index in [1.807, 2.05) is 18.2 Å². The van der Waals surface area contributed by atoms with Gasteiger partial charge in [0.1, 0.15) is 5.75 Å². The van der Waals surface area contributed by atoms with Crippen LogP contribution in [0.1, 0.15) is 24.5 Å². The molecule has 21 heavy (non-hydrogen) atoms. The molecule has 0 heterocycles. The first-order chi connectivity index (χ1) is 9.99. The third-order valence-corrected chi connectivity index (χ3v) is 4.02. The fourth-order valence-corrected chi connectivity index (χ4v) is 2.58. The number of carbonyl (C=O) groups is 1. The Kier molecular flexibility index (Phi) is 5.02. The topological polar surface area (TPSA) is 49.8 Å². The van der Waals surface area contributed by atoms with E-state index in [1.165, 1.54) is 12.5 Å². The van der Waals surface area contributed by atoms with Crippen LogP contribution in [0.25, 0.3) is 6.08 Å². The number of rotatable bonds is 7. The molecule has 2 atom stereocenters. The minimum Gasteiger partial charge on any atom is -0.497 e. The minimum atomic E-state index is -0.933. The molecule has 1 aliphatic rings. The molecular formula is C17H23NO3. The quantitative estimate of drug-likeness (QED) is 0.784. The van der Waals surface area contributed by atoms with Gasteiger partial charge in [-0.3, -0.25) is 0 Å². The number of carboxylic acids is 1. The highest BCUT2D eigenvalue weighted by atomic mass is 16.5. The average Bonchev–Trinajstić information content (AvgIpc) is 3.12. The SMILES string of the molecule is COc1ccc(C=CC(=O)O)c(CN(C)CC2CC2C)c1. The van der Waals surface area contributed by atoms with Gasteiger partial charge in [0.05, 0.1) is 7.11 Å². The smallest absolute Gasteiger partial charge is 0.328 e. The van der Waals surface area contributed by atoms with Gasteiger partial charge in [0.15, 0.2) is 0 Å². The molecule has 1 aromatic rings. The Labute approximate surface area is 126 Å². The Bertz CT molecular complexity index is 539. The molecule has 114 valence electrons. The molecule has 0 spiro atoms. The molecule has 1 fully saturated rings. The van der Waals surface area contributed by atoms with Crippen molar-refractivity contribution in [3.05, 3.63) is 35.4 Å². The monoisotopic (exact) mass is 289 g/mol. The van der Waals surface area contributed by atoms with Crippen molar-refractivity contribution in [2.45, 2.75) is 19.9 Å². The van der Waals surface area contributed by atoms with Crippen molar-refractivity contribution in [3.8, 4) is 5.75 Å². The van der Waals surface area contributed by atoms with Gasteiger partial charge in [-0.05, 0) is 54.6 Å². The van der Waals surface area contributed by atoms with Crippen molar-refractivity contribution < 1.29 is 14.6 Å². The first kappa shape index (κ1) is 15.6. The Morgan fingerprint density at radius 3 is 2.81 bits per heavy atom. The average molecular weight is 289 g/mol. The number of methoxy groups -OCH3 is 1. The van der Waals surface area contributed by atoms with E-state index < -0.39 is 5.97 Å². The molecular weight excluding hydrogens is 266 g/mol. The molecule has 0 aromatic heterocycles. The summed E-state index contributed by atoms with van der Waals surface area (Å²) in [5.41, 5.74) is 2.01. The lowest BCUT2D eigenvalue weighted by Gasteiger charge is -2.18. The zero-order valence-corrected chi connectivity index (χ0v) is 12.9. The second-order valence-electron chi connectivity index (χ2n) is 5.91. The van der Waals surface area contributed by atoms with Crippen LogP contribution >= 0.6 is 0 Å². The molecule has 1 saturated carbocycles. The van der Waals surface area contributed by atoms with Crippen LogP contribution in [0.4, 0.5) is 0 Å². The van der Waals surface area contributed by atoms with Gasteiger partial charge in [0.25, 0.3) is 0 Å². The largest absolute Gasteiger partial charge is 0.497 e. The lowest BCUT2D eigenvalue weighted by Crippen LogP contribution is -2.21. The van der Waals surface area contributed by atoms with Crippen molar-refractivity contribution in [1.29, 1.82) is 0 Å². The normalized spacial score (nSPS) is 21.0. The summed E-state index contributed by atoms with van der Waals surface area (Å²) in [6, 6.07) is 5.74. The molecule has 0 bridgehead atoms. The summed E-state index contributed by atoms with van der Waals surface area (Å²) >= 11 is 0. The van der Waals surface area contributed by atoms with Crippen LogP contribution in [0.2, 0.25) is 0 Å². The van der Waals surface area contributed by atoms with Gasteiger partial charge in [-0.25, -0.2) is 4.79 Å². The van der Waals surface area contributed by atoms with Crippen LogP contribution in [-0.4, -0.2) is 36.7 Å². The fraction of sp³-hybridized carbons (Fsp3) is 0.471. The maximum atomic E-state index is 10.7. The van der Waals surface area contributed by atoms with Crippen molar-refractivity contribution in [2.75, 3.05) is 20.7 Å². The first-order valence-electron chi connectivity index (χ1n) is 7.26. The summed E-state index contributed by atoms with van der Waals surface area (Å²) < 4.78 is 5.27. The predicted molar refractivity (Wildman–Crippen MR) is 83.3 cm³/mol. The predicted octanol–water partition coefficient (Wildman–Crippen LogP) is 2.88. The van der Waals surface area contributed by atoms with Gasteiger partial charge in [-0.1, -0.05) is 13.0 Å². The van der Waals surface area contributed by atoms with E-state index in [0.29, 0.717) is 0 Å². The van der Waals surface area contributed by atoms with E-state index in [0.717, 1.165) is 41.8 Å². The number of ether oxygens (including phenoxy) is 1. The maximum absolute atomic E-state index is 10.7. The Morgan fingerprint density at radius 2 is 2.24 bits per heavy atom. The summed E-state index contributed by atoms with van der Waals surface area (Å²) in [5.74, 6) is 1.50. The first-order valence-corrected chi connectivity index (χ1v) is 7.26. The molecule has 2 rings (SSSR count). The van der Waals surface area contributed by atoms with E-state index in [4.69, 9.17) is 9.84 Å². The summed E-state index contributed by atoms with van der Waals surface area (Å²) in [7, 11) is 3.75. The van der Waals surface area contributed by atoms with Crippen molar-refractivity contribution >= 4 is 12.0 Å². The van der Waals surface area contributed by atoms with E-state index in [2.05, 4.69) is 18.9 Å². The van der Waals surface area contributed by atoms with Crippen molar-refractivity contribution in [3.63, 3.8) is 0 Å². The molecule has 1 N–H and O–H groups in total. The van der Waals surface area contributed by atoms with Crippen LogP contribution in [-0.2, 0) is 11.3 Å². The lowest BCUT2D eigenvalue weighted by molar-refractivity contribution is -0.131. The highest BCUT2D eigenvalue weighted by Gasteiger charge is 2.33. The molecule has 0 radical (unpaired) electrons. The number of hydrogen-bond acceptors (Lipinski definition) is 3. The molecule has 1 aromatic carbocycles. The lowest BCUT2D eigenvalue weighted by atomic mass is 10.1. The Balaban J connectivity index is 2.11. The number of aliphatic carboxylic acids is 1. The third-order valence-electron chi connectivity index (χ3n) is 4.02. The van der Waals surface area contributed by atoms with Crippen LogP contribution in [0.5, 0.6) is 5.75 Å². The van der Waals surface area contributed by atoms with Crippen LogP contribution in [0, 0.1) is 11.8 Å². The zero-order valence-electron chi connectivity index (χ0n) is 12.9. The highest BCUT2D eigenvalue weighted by Crippen LogP contribution is 2.38. The van der Waals surface area contributed by atoms with E-state index in [1.54, 1.807) is 13.2 Å². The highest BCUT2D eigenvalue weighted by molar-refractivity contribution is 5.85. The third kappa shape index (κ3) is 4.60. The van der Waals surface area contributed by atoms with Gasteiger partial charge < -0.3 is 14.7 Å². The second kappa shape index (κ2) is 6.76. The summed E-state index contributed by atoms with van der Waals surface area (Å²) in [4.78, 5) is 13.0. The summed E-state index contributed by atoms with van der Waals surface area (Å²) in [6.45, 7) is 4.16. The van der Waals surface area contributed by atoms with Gasteiger partial charge in [0.2, 0.25) is 0 Å². The number of benzene rings is 1. The zero-order chi connectivity index (χ0) is 15.4. The fourth-order valence-electron chi connectivity index (χ4n) is 2.58. The van der Waals surface area contributed by atoms with Crippen LogP contribution in [0.3, 0.4) is 0 Å². The van der Waals surface area contributed by atoms with E-state index in [9.17, 15) is 4.79 Å². The number of hydrogen-bond donors (Lipinski definition) is 1. The molecule has 4 nitrogen and oxygen atoms in total. The minimum absolute atomic E-state index is 0.791. The van der Waals surface area contributed by atoms with Gasteiger partial charge in [0, 0.05) is 19.2 Å². The molecule has 1 aliphatic carbocycles. The summed E-state index contributed by atoms with van der Waals surface area (Å²) in [5, 5.41) is 8.78. The molecule has 4 heteroatoms. The molecule has 2 unspecified atom stereocenters. The number of carboxylic acid groups (broad SMARTS) is 1. The van der Waals surface area contributed by atoms with Gasteiger partial charge in [-0.15, -0.1) is 0 Å². The molecule has 0 amide bonds. The van der Waals surface area contributed by atoms with E-state index >= 15 is 0 Å². The van der Waals surface area contributed by atoms with Crippen molar-refractivity contribution in [2.24, 2.45) is 11.8 Å². The molecule has 0 aliphatic heterocycles. The number of nitrogens with zero attached hydrogens (tertiary/aromatic N) is 1. The van der Waals surface area contributed by atoms with Crippen LogP contribution in [0.15, 0.2) is 24.3 Å². The second-order valence-corrected chi connectivity index (χ2v) is 5.91. The van der Waals surface area contributed by atoms with Crippen molar-refractivity contribution in [1.82, 2.24) is 4.90 Å². The standard InChI is InChI=1S/C17H23NO3/c1-12-8-14(12)10-18(2)11-15-9-16(21-3)6-4-13(15)5-7-17(19)20/h4-7,9,12,14H,8,10-11H2,1-3H3,(H,19,20). The van der Waals surface area contributed by atoms with Crippen LogP contribution < -0.4 is 4.74 Å². The van der Waals surface area contributed by atoms with Gasteiger partial charge in [-0.2, -0.15) is 0 Å². The van der Waals surface area contributed by atoms with Gasteiger partial charge >= 0.3 is 5.97 Å². The molecule has 0 saturated heterocycles. The summed E-state index contributed by atoms with van der Waals surface area (Å²) in [6.07, 6.45) is 4.13. The van der Waals surface area contributed by atoms with E-state index in [-0.39, 0.29) is 0 Å².